The number of ether oxygens (including phenoxy) is 1. The van der Waals surface area contributed by atoms with Crippen molar-refractivity contribution in [1.29, 1.82) is 0 Å². The number of phenolic OH excluding ortho intramolecular Hbond substituents is 1. The van der Waals surface area contributed by atoms with Crippen LogP contribution in [0.25, 0.3) is 32.9 Å². The second kappa shape index (κ2) is 10.8. The van der Waals surface area contributed by atoms with E-state index in [9.17, 15) is 9.50 Å². The van der Waals surface area contributed by atoms with Crippen LogP contribution in [0.2, 0.25) is 0 Å². The summed E-state index contributed by atoms with van der Waals surface area (Å²) in [7, 11) is 0. The van der Waals surface area contributed by atoms with Gasteiger partial charge >= 0.3 is 6.01 Å². The van der Waals surface area contributed by atoms with E-state index in [0.717, 1.165) is 44.3 Å². The molecule has 2 unspecified atom stereocenters. The van der Waals surface area contributed by atoms with Crippen molar-refractivity contribution in [2.45, 2.75) is 32.6 Å². The van der Waals surface area contributed by atoms with Crippen molar-refractivity contribution < 1.29 is 18.6 Å². The molecule has 2 atom stereocenters. The van der Waals surface area contributed by atoms with E-state index in [1.54, 1.807) is 0 Å². The van der Waals surface area contributed by atoms with Crippen molar-refractivity contribution in [3.8, 4) is 35.4 Å². The summed E-state index contributed by atoms with van der Waals surface area (Å²) in [5.41, 5.74) is 0.913. The number of aryl methyl sites for hydroxylation is 1. The minimum atomic E-state index is -0.692. The fraction of sp³-hybridized carbons (Fsp3) is 0.457. The zero-order valence-electron chi connectivity index (χ0n) is 25.4. The number of pyridine rings is 1. The highest BCUT2D eigenvalue weighted by atomic mass is 19.1. The van der Waals surface area contributed by atoms with Gasteiger partial charge in [-0.15, -0.1) is 6.42 Å². The van der Waals surface area contributed by atoms with Crippen LogP contribution in [-0.4, -0.2) is 77.4 Å². The van der Waals surface area contributed by atoms with E-state index >= 15 is 4.39 Å². The number of rotatable bonds is 8. The van der Waals surface area contributed by atoms with Crippen molar-refractivity contribution in [2.75, 3.05) is 57.3 Å². The summed E-state index contributed by atoms with van der Waals surface area (Å²) in [6.45, 7) is 8.74. The molecule has 2 N–H and O–H groups in total. The first-order valence-electron chi connectivity index (χ1n) is 16.0. The highest BCUT2D eigenvalue weighted by Gasteiger charge is 2.50. The number of nitrogens with one attached hydrogen (secondary N) is 1. The van der Waals surface area contributed by atoms with Gasteiger partial charge in [0.1, 0.15) is 28.6 Å². The van der Waals surface area contributed by atoms with Crippen LogP contribution < -0.4 is 15.0 Å². The molecule has 2 aliphatic carbocycles. The van der Waals surface area contributed by atoms with Crippen LogP contribution in [-0.2, 0) is 6.42 Å². The minimum absolute atomic E-state index is 0.0138. The molecule has 2 saturated carbocycles. The second-order valence-electron chi connectivity index (χ2n) is 13.3. The zero-order chi connectivity index (χ0) is 30.9. The summed E-state index contributed by atoms with van der Waals surface area (Å²) in [6, 6.07) is 5.77. The van der Waals surface area contributed by atoms with Gasteiger partial charge in [0.15, 0.2) is 5.82 Å². The number of piperazine rings is 1. The van der Waals surface area contributed by atoms with Crippen LogP contribution in [0.1, 0.15) is 37.4 Å². The van der Waals surface area contributed by atoms with E-state index in [4.69, 9.17) is 21.1 Å². The Balaban J connectivity index is 1.25. The van der Waals surface area contributed by atoms with Gasteiger partial charge < -0.3 is 25.0 Å². The first kappa shape index (κ1) is 28.4. The molecule has 0 radical (unpaired) electrons. The maximum Gasteiger partial charge on any atom is 0.319 e. The predicted molar refractivity (Wildman–Crippen MR) is 169 cm³/mol. The lowest BCUT2D eigenvalue weighted by atomic mass is 9.95. The molecule has 4 aliphatic rings. The van der Waals surface area contributed by atoms with Gasteiger partial charge in [0.25, 0.3) is 0 Å². The summed E-state index contributed by atoms with van der Waals surface area (Å²) in [5, 5.41) is 15.3. The van der Waals surface area contributed by atoms with Gasteiger partial charge in [-0.2, -0.15) is 9.97 Å². The maximum atomic E-state index is 16.9. The lowest BCUT2D eigenvalue weighted by Crippen LogP contribution is -2.44. The Morgan fingerprint density at radius 1 is 1.09 bits per heavy atom. The molecule has 2 aromatic carbocycles. The summed E-state index contributed by atoms with van der Waals surface area (Å²) in [4.78, 5) is 19.1. The van der Waals surface area contributed by atoms with Crippen molar-refractivity contribution >= 4 is 27.5 Å². The number of hydrogen-bond donors (Lipinski definition) is 2. The van der Waals surface area contributed by atoms with Crippen LogP contribution in [0.4, 0.5) is 14.6 Å². The molecule has 4 fully saturated rings. The van der Waals surface area contributed by atoms with E-state index in [-0.39, 0.29) is 39.5 Å². The zero-order valence-corrected chi connectivity index (χ0v) is 25.4. The Kier molecular flexibility index (Phi) is 6.80. The first-order valence-corrected chi connectivity index (χ1v) is 16.0. The number of fused-ring (bicyclic) bond motifs is 3. The van der Waals surface area contributed by atoms with Gasteiger partial charge in [0.05, 0.1) is 23.3 Å². The fourth-order valence-corrected chi connectivity index (χ4v) is 7.40. The predicted octanol–water partition coefficient (Wildman–Crippen LogP) is 4.89. The van der Waals surface area contributed by atoms with Crippen LogP contribution in [0.5, 0.6) is 11.8 Å². The van der Waals surface area contributed by atoms with Gasteiger partial charge in [-0.25, -0.2) is 13.8 Å². The molecule has 232 valence electrons. The molecule has 2 aliphatic heterocycles. The lowest BCUT2D eigenvalue weighted by molar-refractivity contribution is 0.163. The van der Waals surface area contributed by atoms with Gasteiger partial charge in [0.2, 0.25) is 0 Å². The fourth-order valence-electron chi connectivity index (χ4n) is 7.40. The number of terminal acetylenes is 1. The van der Waals surface area contributed by atoms with Crippen molar-refractivity contribution in [3.63, 3.8) is 0 Å². The minimum Gasteiger partial charge on any atom is -0.508 e. The third-order valence-corrected chi connectivity index (χ3v) is 10.1. The van der Waals surface area contributed by atoms with Gasteiger partial charge in [0, 0.05) is 62.2 Å². The smallest absolute Gasteiger partial charge is 0.319 e. The Bertz CT molecular complexity index is 1870. The molecule has 10 heteroatoms. The maximum absolute atomic E-state index is 16.9. The standard InChI is InChI=1S/C35H36F2N6O2/c1-3-24-26(36)6-5-20-14-23(44)15-25(28(20)24)31-30(37)32-29(27(4-2)39-31)33(43-11-9-38-10-12-43)41-34(40-32)45-19-35(7-8-35)18-42-16-21-13-22(21)17-42/h1,5-6,14-15,21-22,38,44H,4,7-13,16-19H2,2H3. The summed E-state index contributed by atoms with van der Waals surface area (Å²) >= 11 is 0. The number of anilines is 1. The van der Waals surface area contributed by atoms with Gasteiger partial charge in [-0.3, -0.25) is 0 Å². The van der Waals surface area contributed by atoms with Crippen molar-refractivity contribution in [1.82, 2.24) is 25.2 Å². The number of likely N-dealkylation sites (tertiary alicyclic amines) is 1. The van der Waals surface area contributed by atoms with E-state index in [1.165, 1.54) is 43.8 Å². The molecular weight excluding hydrogens is 574 g/mol. The van der Waals surface area contributed by atoms with Crippen molar-refractivity contribution in [2.24, 2.45) is 17.3 Å². The molecule has 8 nitrogen and oxygen atoms in total. The molecule has 0 bridgehead atoms. The molecule has 4 heterocycles. The number of phenols is 1. The third-order valence-electron chi connectivity index (χ3n) is 10.1. The second-order valence-corrected chi connectivity index (χ2v) is 13.3. The number of aromatic hydroxyl groups is 1. The van der Waals surface area contributed by atoms with Crippen molar-refractivity contribution in [3.05, 3.63) is 47.2 Å². The molecule has 8 rings (SSSR count). The number of piperidine rings is 1. The quantitative estimate of drug-likeness (QED) is 0.273. The summed E-state index contributed by atoms with van der Waals surface area (Å²) < 4.78 is 38.2. The van der Waals surface area contributed by atoms with E-state index in [0.29, 0.717) is 53.8 Å². The Morgan fingerprint density at radius 3 is 2.58 bits per heavy atom. The largest absolute Gasteiger partial charge is 0.508 e. The number of halogens is 2. The summed E-state index contributed by atoms with van der Waals surface area (Å²) in [5.74, 6) is 3.37. The average molecular weight is 611 g/mol. The number of hydrogen-bond acceptors (Lipinski definition) is 8. The third kappa shape index (κ3) is 5.02. The van der Waals surface area contributed by atoms with Crippen LogP contribution in [0.3, 0.4) is 0 Å². The molecule has 0 amide bonds. The molecule has 0 spiro atoms. The van der Waals surface area contributed by atoms with Crippen LogP contribution in [0.15, 0.2) is 24.3 Å². The van der Waals surface area contributed by atoms with Gasteiger partial charge in [-0.05, 0) is 61.1 Å². The Morgan fingerprint density at radius 2 is 1.87 bits per heavy atom. The molecule has 45 heavy (non-hydrogen) atoms. The number of aromatic nitrogens is 3. The van der Waals surface area contributed by atoms with E-state index < -0.39 is 11.6 Å². The van der Waals surface area contributed by atoms with E-state index in [1.807, 2.05) is 6.92 Å². The lowest BCUT2D eigenvalue weighted by Gasteiger charge is -2.30. The average Bonchev–Trinajstić information content (AvgIpc) is 3.96. The first-order chi connectivity index (χ1) is 21.9. The molecule has 4 aromatic rings. The molecular formula is C35H36F2N6O2. The Labute approximate surface area is 260 Å². The normalized spacial score (nSPS) is 22.0. The number of benzene rings is 2. The monoisotopic (exact) mass is 610 g/mol. The Hall–Kier alpha value is -4.07. The number of nitrogens with zero attached hydrogens (tertiary/aromatic N) is 5. The van der Waals surface area contributed by atoms with E-state index in [2.05, 4.69) is 26.0 Å². The molecule has 2 saturated heterocycles. The van der Waals surface area contributed by atoms with Crippen LogP contribution >= 0.6 is 0 Å². The van der Waals surface area contributed by atoms with Crippen LogP contribution in [0, 0.1) is 41.2 Å². The highest BCUT2D eigenvalue weighted by Crippen LogP contribution is 2.51. The van der Waals surface area contributed by atoms with Gasteiger partial charge in [-0.1, -0.05) is 18.9 Å². The summed E-state index contributed by atoms with van der Waals surface area (Å²) in [6.07, 6.45) is 9.76. The topological polar surface area (TPSA) is 86.6 Å². The SMILES string of the molecule is C#Cc1c(F)ccc2cc(O)cc(-c3nc(CC)c4c(N5CCNCC5)nc(OCC5(CN6CC7CC7C6)CC5)nc4c3F)c12. The highest BCUT2D eigenvalue weighted by molar-refractivity contribution is 6.03. The molecule has 2 aromatic heterocycles.